The third-order valence-corrected chi connectivity index (χ3v) is 7.00. The summed E-state index contributed by atoms with van der Waals surface area (Å²) >= 11 is 0. The summed E-state index contributed by atoms with van der Waals surface area (Å²) < 4.78 is 0. The van der Waals surface area contributed by atoms with Crippen LogP contribution in [0.5, 0.6) is 0 Å². The number of carbonyl (C=O) groups is 1. The van der Waals surface area contributed by atoms with Gasteiger partial charge in [0.25, 0.3) is 5.95 Å². The Bertz CT molecular complexity index is 866. The van der Waals surface area contributed by atoms with Crippen molar-refractivity contribution in [2.24, 2.45) is 0 Å². The van der Waals surface area contributed by atoms with Gasteiger partial charge in [-0.2, -0.15) is 4.80 Å². The van der Waals surface area contributed by atoms with Crippen molar-refractivity contribution >= 4 is 17.7 Å². The van der Waals surface area contributed by atoms with Crippen LogP contribution in [0.3, 0.4) is 0 Å². The third-order valence-electron chi connectivity index (χ3n) is 7.00. The number of aryl methyl sites for hydroxylation is 1. The van der Waals surface area contributed by atoms with Gasteiger partial charge in [-0.05, 0) is 34.6 Å². The van der Waals surface area contributed by atoms with Crippen LogP contribution in [-0.4, -0.2) is 26.2 Å². The summed E-state index contributed by atoms with van der Waals surface area (Å²) in [6, 6.07) is 5.85. The van der Waals surface area contributed by atoms with E-state index in [-0.39, 0.29) is 12.0 Å². The third kappa shape index (κ3) is 12.1. The maximum Gasteiger partial charge on any atom is 0.326 e. The van der Waals surface area contributed by atoms with Gasteiger partial charge in [-0.15, -0.1) is 5.10 Å². The van der Waals surface area contributed by atoms with Crippen LogP contribution in [-0.2, 0) is 6.54 Å². The summed E-state index contributed by atoms with van der Waals surface area (Å²) in [6.07, 6.45) is 18.7. The van der Waals surface area contributed by atoms with Crippen molar-refractivity contribution < 1.29 is 4.79 Å². The minimum Gasteiger partial charge on any atom is -0.307 e. The van der Waals surface area contributed by atoms with Crippen LogP contribution in [0.2, 0.25) is 0 Å². The predicted octanol–water partition coefficient (Wildman–Crippen LogP) is 9.05. The Hall–Kier alpha value is -2.44. The number of urea groups is 1. The van der Waals surface area contributed by atoms with Gasteiger partial charge in [0, 0.05) is 5.69 Å². The molecule has 0 spiro atoms. The van der Waals surface area contributed by atoms with Gasteiger partial charge >= 0.3 is 6.03 Å². The molecule has 2 N–H and O–H groups in total. The van der Waals surface area contributed by atoms with Crippen molar-refractivity contribution in [2.75, 3.05) is 10.6 Å². The molecular formula is C30H52N6O. The average molecular weight is 513 g/mol. The molecule has 2 aromatic rings. The molecule has 1 aromatic carbocycles. The summed E-state index contributed by atoms with van der Waals surface area (Å²) in [6.45, 7) is 11.5. The first kappa shape index (κ1) is 30.8. The van der Waals surface area contributed by atoms with E-state index in [1.54, 1.807) is 4.80 Å². The summed E-state index contributed by atoms with van der Waals surface area (Å²) in [5.74, 6) is 0.840. The lowest BCUT2D eigenvalue weighted by Gasteiger charge is -2.20. The molecule has 0 fully saturated rings. The predicted molar refractivity (Wildman–Crippen MR) is 155 cm³/mol. The fourth-order valence-corrected chi connectivity index (χ4v) is 4.78. The second-order valence-corrected chi connectivity index (χ2v) is 11.0. The molecule has 0 radical (unpaired) electrons. The molecule has 0 bridgehead atoms. The number of aromatic nitrogens is 4. The van der Waals surface area contributed by atoms with Crippen molar-refractivity contribution in [2.45, 2.75) is 143 Å². The fourth-order valence-electron chi connectivity index (χ4n) is 4.78. The summed E-state index contributed by atoms with van der Waals surface area (Å²) in [4.78, 5) is 14.3. The fraction of sp³-hybridized carbons (Fsp3) is 0.733. The highest BCUT2D eigenvalue weighted by Gasteiger charge is 2.17. The topological polar surface area (TPSA) is 84.7 Å². The van der Waals surface area contributed by atoms with E-state index in [4.69, 9.17) is 0 Å². The molecule has 7 nitrogen and oxygen atoms in total. The normalized spacial score (nSPS) is 11.4. The van der Waals surface area contributed by atoms with Gasteiger partial charge < -0.3 is 5.32 Å². The number of nitrogens with zero attached hydrogens (tertiary/aromatic N) is 4. The standard InChI is InChI=1S/C30H52N6O/c1-6-7-8-9-10-11-12-13-14-15-16-17-18-19-23-36-34-29(33-35-36)32-30(37)31-28-26(24(2)3)21-20-22-27(28)25(4)5/h20-22,24-25H,6-19,23H2,1-5H3,(H2,31,32,34,37). The molecular weight excluding hydrogens is 460 g/mol. The van der Waals surface area contributed by atoms with Crippen LogP contribution >= 0.6 is 0 Å². The Morgan fingerprint density at radius 1 is 0.757 bits per heavy atom. The number of tetrazole rings is 1. The van der Waals surface area contributed by atoms with Gasteiger partial charge in [-0.1, -0.05) is 141 Å². The molecule has 0 saturated carbocycles. The van der Waals surface area contributed by atoms with Crippen LogP contribution in [0.25, 0.3) is 0 Å². The molecule has 37 heavy (non-hydrogen) atoms. The molecule has 0 atom stereocenters. The van der Waals surface area contributed by atoms with Crippen molar-refractivity contribution in [3.8, 4) is 0 Å². The number of hydrogen-bond acceptors (Lipinski definition) is 4. The summed E-state index contributed by atoms with van der Waals surface area (Å²) in [5, 5.41) is 18.2. The van der Waals surface area contributed by atoms with E-state index in [0.29, 0.717) is 11.8 Å². The number of hydrogen-bond donors (Lipinski definition) is 2. The highest BCUT2D eigenvalue weighted by molar-refractivity contribution is 5.99. The van der Waals surface area contributed by atoms with Crippen molar-refractivity contribution in [1.82, 2.24) is 20.2 Å². The molecule has 1 heterocycles. The first-order valence-corrected chi connectivity index (χ1v) is 14.9. The number of rotatable bonds is 19. The zero-order valence-corrected chi connectivity index (χ0v) is 24.2. The molecule has 2 amide bonds. The highest BCUT2D eigenvalue weighted by atomic mass is 16.2. The van der Waals surface area contributed by atoms with Crippen molar-refractivity contribution in [1.29, 1.82) is 0 Å². The van der Waals surface area contributed by atoms with E-state index < -0.39 is 0 Å². The van der Waals surface area contributed by atoms with Crippen molar-refractivity contribution in [3.63, 3.8) is 0 Å². The first-order valence-electron chi connectivity index (χ1n) is 14.9. The number of amides is 2. The lowest BCUT2D eigenvalue weighted by Crippen LogP contribution is -2.22. The number of para-hydroxylation sites is 1. The second kappa shape index (κ2) is 17.9. The molecule has 0 aliphatic carbocycles. The van der Waals surface area contributed by atoms with Gasteiger partial charge in [0.1, 0.15) is 0 Å². The van der Waals surface area contributed by atoms with E-state index in [2.05, 4.69) is 78.9 Å². The zero-order chi connectivity index (χ0) is 26.9. The highest BCUT2D eigenvalue weighted by Crippen LogP contribution is 2.32. The van der Waals surface area contributed by atoms with Gasteiger partial charge in [0.05, 0.1) is 6.54 Å². The van der Waals surface area contributed by atoms with E-state index >= 15 is 0 Å². The summed E-state index contributed by atoms with van der Waals surface area (Å²) in [7, 11) is 0. The van der Waals surface area contributed by atoms with Crippen LogP contribution in [0.15, 0.2) is 18.2 Å². The van der Waals surface area contributed by atoms with E-state index in [9.17, 15) is 4.79 Å². The van der Waals surface area contributed by atoms with E-state index in [0.717, 1.165) is 29.8 Å². The quantitative estimate of drug-likeness (QED) is 0.184. The molecule has 208 valence electrons. The number of benzene rings is 1. The Balaban J connectivity index is 1.61. The minimum atomic E-state index is -0.342. The maximum absolute atomic E-state index is 12.7. The lowest BCUT2D eigenvalue weighted by molar-refractivity contribution is 0.262. The molecule has 2 rings (SSSR count). The van der Waals surface area contributed by atoms with E-state index in [1.165, 1.54) is 83.5 Å². The molecule has 0 aliphatic rings. The Kier molecular flexibility index (Phi) is 14.9. The van der Waals surface area contributed by atoms with Gasteiger partial charge in [-0.25, -0.2) is 4.79 Å². The van der Waals surface area contributed by atoms with Crippen LogP contribution in [0.4, 0.5) is 16.4 Å². The van der Waals surface area contributed by atoms with Crippen LogP contribution < -0.4 is 10.6 Å². The number of unbranched alkanes of at least 4 members (excludes halogenated alkanes) is 13. The monoisotopic (exact) mass is 512 g/mol. The van der Waals surface area contributed by atoms with Crippen LogP contribution in [0.1, 0.15) is 147 Å². The Morgan fingerprint density at radius 3 is 1.73 bits per heavy atom. The SMILES string of the molecule is CCCCCCCCCCCCCCCCn1nnc(NC(=O)Nc2c(C(C)C)cccc2C(C)C)n1. The van der Waals surface area contributed by atoms with Gasteiger partial charge in [-0.3, -0.25) is 5.32 Å². The minimum absolute atomic E-state index is 0.232. The van der Waals surface area contributed by atoms with Gasteiger partial charge in [0.15, 0.2) is 0 Å². The molecule has 0 unspecified atom stereocenters. The number of carbonyl (C=O) groups excluding carboxylic acids is 1. The summed E-state index contributed by atoms with van der Waals surface area (Å²) in [5.41, 5.74) is 3.12. The molecule has 0 saturated heterocycles. The number of anilines is 2. The first-order chi connectivity index (χ1) is 17.9. The molecule has 1 aromatic heterocycles. The Morgan fingerprint density at radius 2 is 1.24 bits per heavy atom. The lowest BCUT2D eigenvalue weighted by atomic mass is 9.93. The molecule has 0 aliphatic heterocycles. The molecule has 7 heteroatoms. The zero-order valence-electron chi connectivity index (χ0n) is 24.2. The van der Waals surface area contributed by atoms with Crippen molar-refractivity contribution in [3.05, 3.63) is 29.3 Å². The van der Waals surface area contributed by atoms with E-state index in [1.807, 2.05) is 0 Å². The Labute approximate surface area is 225 Å². The largest absolute Gasteiger partial charge is 0.326 e. The smallest absolute Gasteiger partial charge is 0.307 e. The average Bonchev–Trinajstić information content (AvgIpc) is 3.30. The van der Waals surface area contributed by atoms with Crippen LogP contribution in [0, 0.1) is 0 Å². The maximum atomic E-state index is 12.7. The number of nitrogens with one attached hydrogen (secondary N) is 2. The second-order valence-electron chi connectivity index (χ2n) is 11.0. The van der Waals surface area contributed by atoms with Gasteiger partial charge in [0.2, 0.25) is 0 Å².